The molecule has 0 aliphatic heterocycles. The van der Waals surface area contributed by atoms with Gasteiger partial charge in [0.15, 0.2) is 11.4 Å². The number of thiazole rings is 1. The van der Waals surface area contributed by atoms with Crippen LogP contribution in [0.15, 0.2) is 18.2 Å². The second-order valence-electron chi connectivity index (χ2n) is 5.26. The van der Waals surface area contributed by atoms with Crippen LogP contribution in [0.4, 0.5) is 5.13 Å². The summed E-state index contributed by atoms with van der Waals surface area (Å²) in [5.74, 6) is 0.505. The van der Waals surface area contributed by atoms with Gasteiger partial charge in [-0.3, -0.25) is 9.78 Å². The third kappa shape index (κ3) is 2.72. The van der Waals surface area contributed by atoms with E-state index in [9.17, 15) is 4.79 Å². The zero-order chi connectivity index (χ0) is 14.1. The zero-order valence-electron chi connectivity index (χ0n) is 11.7. The van der Waals surface area contributed by atoms with Gasteiger partial charge in [0.25, 0.3) is 0 Å². The lowest BCUT2D eigenvalue weighted by molar-refractivity contribution is 0.112. The molecule has 0 amide bonds. The molecule has 0 saturated heterocycles. The summed E-state index contributed by atoms with van der Waals surface area (Å²) in [5, 5.41) is 0.900. The van der Waals surface area contributed by atoms with Crippen molar-refractivity contribution in [3.63, 3.8) is 0 Å². The Morgan fingerprint density at radius 2 is 2.20 bits per heavy atom. The molecule has 0 N–H and O–H groups in total. The van der Waals surface area contributed by atoms with Crippen molar-refractivity contribution in [3.8, 4) is 0 Å². The molecule has 0 spiro atoms. The minimum absolute atomic E-state index is 0.505. The molecular formula is C15H17N3OS. The van der Waals surface area contributed by atoms with Gasteiger partial charge in [-0.2, -0.15) is 0 Å². The topological polar surface area (TPSA) is 46.1 Å². The lowest BCUT2D eigenvalue weighted by Gasteiger charge is -2.15. The van der Waals surface area contributed by atoms with Crippen molar-refractivity contribution < 1.29 is 4.79 Å². The first-order valence-corrected chi connectivity index (χ1v) is 7.58. The molecule has 3 rings (SSSR count). The Kier molecular flexibility index (Phi) is 3.53. The molecule has 2 heterocycles. The number of carbonyl (C=O) groups is 1. The second-order valence-corrected chi connectivity index (χ2v) is 6.27. The Balaban J connectivity index is 1.79. The van der Waals surface area contributed by atoms with Crippen LogP contribution in [0.1, 0.15) is 45.5 Å². The summed E-state index contributed by atoms with van der Waals surface area (Å²) >= 11 is 1.48. The van der Waals surface area contributed by atoms with Gasteiger partial charge in [0, 0.05) is 18.7 Å². The zero-order valence-corrected chi connectivity index (χ0v) is 12.5. The van der Waals surface area contributed by atoms with E-state index in [2.05, 4.69) is 14.9 Å². The van der Waals surface area contributed by atoms with E-state index in [1.54, 1.807) is 0 Å². The van der Waals surface area contributed by atoms with Crippen LogP contribution >= 0.6 is 11.3 Å². The van der Waals surface area contributed by atoms with Gasteiger partial charge in [0.05, 0.1) is 22.8 Å². The van der Waals surface area contributed by atoms with Gasteiger partial charge in [-0.05, 0) is 31.9 Å². The maximum Gasteiger partial charge on any atom is 0.186 e. The number of rotatable bonds is 5. The molecule has 0 bridgehead atoms. The van der Waals surface area contributed by atoms with E-state index in [4.69, 9.17) is 0 Å². The van der Waals surface area contributed by atoms with Crippen LogP contribution in [0.25, 0.3) is 0 Å². The largest absolute Gasteiger partial charge is 0.345 e. The van der Waals surface area contributed by atoms with Crippen molar-refractivity contribution in [1.82, 2.24) is 9.97 Å². The molecule has 104 valence electrons. The van der Waals surface area contributed by atoms with Crippen LogP contribution in [-0.4, -0.2) is 23.3 Å². The molecule has 2 aromatic heterocycles. The van der Waals surface area contributed by atoms with Crippen LogP contribution in [0.2, 0.25) is 0 Å². The van der Waals surface area contributed by atoms with Gasteiger partial charge in [-0.1, -0.05) is 17.4 Å². The van der Waals surface area contributed by atoms with Crippen LogP contribution in [0, 0.1) is 6.92 Å². The van der Waals surface area contributed by atoms with Crippen LogP contribution in [-0.2, 0) is 6.54 Å². The Morgan fingerprint density at radius 3 is 2.85 bits per heavy atom. The summed E-state index contributed by atoms with van der Waals surface area (Å²) in [4.78, 5) is 23.1. The molecule has 0 radical (unpaired) electrons. The minimum atomic E-state index is 0.505. The van der Waals surface area contributed by atoms with E-state index in [1.807, 2.05) is 32.2 Å². The summed E-state index contributed by atoms with van der Waals surface area (Å²) < 4.78 is 0. The van der Waals surface area contributed by atoms with Crippen molar-refractivity contribution in [2.24, 2.45) is 0 Å². The van der Waals surface area contributed by atoms with E-state index < -0.39 is 0 Å². The predicted molar refractivity (Wildman–Crippen MR) is 80.6 cm³/mol. The predicted octanol–water partition coefficient (Wildman–Crippen LogP) is 3.17. The highest BCUT2D eigenvalue weighted by Gasteiger charge is 2.30. The SMILES string of the molecule is Cc1cccc(CN(C)c2nc(C3CC3)c(C=O)s2)n1. The average Bonchev–Trinajstić information content (AvgIpc) is 3.17. The van der Waals surface area contributed by atoms with E-state index in [-0.39, 0.29) is 0 Å². The summed E-state index contributed by atoms with van der Waals surface area (Å²) in [7, 11) is 1.99. The number of aryl methyl sites for hydroxylation is 1. The van der Waals surface area contributed by atoms with E-state index in [0.717, 1.165) is 46.2 Å². The Hall–Kier alpha value is -1.75. The van der Waals surface area contributed by atoms with Crippen molar-refractivity contribution in [2.45, 2.75) is 32.2 Å². The monoisotopic (exact) mass is 287 g/mol. The van der Waals surface area contributed by atoms with Crippen LogP contribution in [0.3, 0.4) is 0 Å². The normalized spacial score (nSPS) is 14.3. The van der Waals surface area contributed by atoms with Crippen LogP contribution in [0.5, 0.6) is 0 Å². The molecule has 20 heavy (non-hydrogen) atoms. The van der Waals surface area contributed by atoms with Gasteiger partial charge in [0.2, 0.25) is 0 Å². The summed E-state index contributed by atoms with van der Waals surface area (Å²) in [6, 6.07) is 6.02. The van der Waals surface area contributed by atoms with E-state index in [1.165, 1.54) is 11.3 Å². The molecule has 5 heteroatoms. The molecule has 0 atom stereocenters. The quantitative estimate of drug-likeness (QED) is 0.792. The van der Waals surface area contributed by atoms with Crippen molar-refractivity contribution in [1.29, 1.82) is 0 Å². The number of aromatic nitrogens is 2. The molecule has 0 unspecified atom stereocenters. The summed E-state index contributed by atoms with van der Waals surface area (Å²) in [6.45, 7) is 2.69. The van der Waals surface area contributed by atoms with E-state index in [0.29, 0.717) is 12.5 Å². The van der Waals surface area contributed by atoms with Crippen molar-refractivity contribution >= 4 is 22.8 Å². The van der Waals surface area contributed by atoms with Crippen LogP contribution < -0.4 is 4.90 Å². The fourth-order valence-corrected chi connectivity index (χ4v) is 3.15. The van der Waals surface area contributed by atoms with Crippen molar-refractivity contribution in [3.05, 3.63) is 40.2 Å². The van der Waals surface area contributed by atoms with Gasteiger partial charge in [0.1, 0.15) is 0 Å². The number of nitrogens with zero attached hydrogens (tertiary/aromatic N) is 3. The number of anilines is 1. The standard InChI is InChI=1S/C15H17N3OS/c1-10-4-3-5-12(16-10)8-18(2)15-17-14(11-6-7-11)13(9-19)20-15/h3-5,9,11H,6-8H2,1-2H3. The number of carbonyl (C=O) groups excluding carboxylic acids is 1. The third-order valence-corrected chi connectivity index (χ3v) is 4.52. The molecule has 1 aliphatic carbocycles. The highest BCUT2D eigenvalue weighted by atomic mass is 32.1. The Morgan fingerprint density at radius 1 is 1.40 bits per heavy atom. The number of pyridine rings is 1. The fourth-order valence-electron chi connectivity index (χ4n) is 2.23. The lowest BCUT2D eigenvalue weighted by atomic mass is 10.3. The molecule has 2 aromatic rings. The third-order valence-electron chi connectivity index (χ3n) is 3.41. The number of hydrogen-bond acceptors (Lipinski definition) is 5. The first-order valence-electron chi connectivity index (χ1n) is 6.77. The molecule has 4 nitrogen and oxygen atoms in total. The number of hydrogen-bond donors (Lipinski definition) is 0. The fraction of sp³-hybridized carbons (Fsp3) is 0.400. The second kappa shape index (κ2) is 5.32. The first kappa shape index (κ1) is 13.2. The first-order chi connectivity index (χ1) is 9.67. The highest BCUT2D eigenvalue weighted by Crippen LogP contribution is 2.43. The minimum Gasteiger partial charge on any atom is -0.345 e. The molecule has 1 saturated carbocycles. The van der Waals surface area contributed by atoms with Gasteiger partial charge < -0.3 is 4.90 Å². The lowest BCUT2D eigenvalue weighted by Crippen LogP contribution is -2.17. The summed E-state index contributed by atoms with van der Waals surface area (Å²) in [5.41, 5.74) is 3.02. The number of aldehydes is 1. The summed E-state index contributed by atoms with van der Waals surface area (Å²) in [6.07, 6.45) is 3.26. The molecule has 0 aromatic carbocycles. The molecule has 1 aliphatic rings. The molecular weight excluding hydrogens is 270 g/mol. The van der Waals surface area contributed by atoms with Gasteiger partial charge in [-0.25, -0.2) is 4.98 Å². The Labute approximate surface area is 122 Å². The average molecular weight is 287 g/mol. The highest BCUT2D eigenvalue weighted by molar-refractivity contribution is 7.17. The maximum atomic E-state index is 11.1. The van der Waals surface area contributed by atoms with Gasteiger partial charge >= 0.3 is 0 Å². The smallest absolute Gasteiger partial charge is 0.186 e. The molecule has 1 fully saturated rings. The maximum absolute atomic E-state index is 11.1. The van der Waals surface area contributed by atoms with Gasteiger partial charge in [-0.15, -0.1) is 0 Å². The Bertz CT molecular complexity index is 634. The van der Waals surface area contributed by atoms with Crippen molar-refractivity contribution in [2.75, 3.05) is 11.9 Å². The van der Waals surface area contributed by atoms with E-state index >= 15 is 0 Å².